The minimum Gasteiger partial charge on any atom is -0.493 e. The molecule has 198 valence electrons. The first kappa shape index (κ1) is 28.1. The highest BCUT2D eigenvalue weighted by Gasteiger charge is 2.34. The van der Waals surface area contributed by atoms with Gasteiger partial charge in [0.25, 0.3) is 0 Å². The molecule has 0 unspecified atom stereocenters. The molecule has 0 bridgehead atoms. The van der Waals surface area contributed by atoms with Crippen LogP contribution < -0.4 is 28.2 Å². The maximum Gasteiger partial charge on any atom is 0.864 e. The van der Waals surface area contributed by atoms with E-state index in [0.29, 0.717) is 52.3 Å². The zero-order valence-electron chi connectivity index (χ0n) is 23.5. The van der Waals surface area contributed by atoms with Crippen molar-refractivity contribution in [2.45, 2.75) is 59.3 Å². The highest BCUT2D eigenvalue weighted by Crippen LogP contribution is 2.36. The monoisotopic (exact) mass is 506 g/mol. The zero-order valence-corrected chi connectivity index (χ0v) is 23.5. The smallest absolute Gasteiger partial charge is 0.493 e. The highest BCUT2D eigenvalue weighted by molar-refractivity contribution is 6.39. The summed E-state index contributed by atoms with van der Waals surface area (Å²) in [5, 5.41) is 0. The van der Waals surface area contributed by atoms with Gasteiger partial charge in [0.05, 0.1) is 21.3 Å². The van der Waals surface area contributed by atoms with Crippen molar-refractivity contribution in [2.75, 3.05) is 21.3 Å². The molecular formula is C30H39BO6. The molecule has 3 rings (SSSR count). The number of rotatable bonds is 12. The number of hydrogen-bond donors (Lipinski definition) is 0. The molecule has 0 atom stereocenters. The van der Waals surface area contributed by atoms with E-state index < -0.39 is 7.32 Å². The molecule has 0 fully saturated rings. The Labute approximate surface area is 222 Å². The van der Waals surface area contributed by atoms with Crippen molar-refractivity contribution in [3.8, 4) is 34.5 Å². The fourth-order valence-electron chi connectivity index (χ4n) is 3.82. The number of benzene rings is 3. The van der Waals surface area contributed by atoms with Crippen LogP contribution in [0, 0.1) is 0 Å². The Kier molecular flexibility index (Phi) is 9.62. The predicted molar refractivity (Wildman–Crippen MR) is 149 cm³/mol. The molecule has 0 radical (unpaired) electrons. The first-order valence-electron chi connectivity index (χ1n) is 12.7. The zero-order chi connectivity index (χ0) is 27.1. The van der Waals surface area contributed by atoms with Crippen molar-refractivity contribution >= 4 is 7.32 Å². The van der Waals surface area contributed by atoms with Gasteiger partial charge >= 0.3 is 7.32 Å². The van der Waals surface area contributed by atoms with Gasteiger partial charge in [-0.3, -0.25) is 0 Å². The third-order valence-corrected chi connectivity index (χ3v) is 6.23. The lowest BCUT2D eigenvalue weighted by Crippen LogP contribution is -2.37. The van der Waals surface area contributed by atoms with Crippen LogP contribution in [-0.2, 0) is 0 Å². The first-order chi connectivity index (χ1) is 17.7. The summed E-state index contributed by atoms with van der Waals surface area (Å²) in [4.78, 5) is 0. The average Bonchev–Trinajstić information content (AvgIpc) is 2.88. The van der Waals surface area contributed by atoms with Crippen LogP contribution in [0.2, 0.25) is 0 Å². The molecule has 0 spiro atoms. The molecule has 0 aliphatic carbocycles. The Bertz CT molecular complexity index is 1030. The highest BCUT2D eigenvalue weighted by atomic mass is 16.7. The van der Waals surface area contributed by atoms with Crippen molar-refractivity contribution in [3.63, 3.8) is 0 Å². The molecule has 0 saturated carbocycles. The van der Waals surface area contributed by atoms with Crippen molar-refractivity contribution < 1.29 is 28.2 Å². The van der Waals surface area contributed by atoms with Gasteiger partial charge in [-0.2, -0.15) is 0 Å². The van der Waals surface area contributed by atoms with Gasteiger partial charge in [-0.25, -0.2) is 0 Å². The molecule has 0 aromatic heterocycles. The van der Waals surface area contributed by atoms with E-state index in [9.17, 15) is 0 Å². The molecule has 3 aromatic rings. The SMILES string of the molecule is COc1ccc(C(C)C)cc1OB(Oc1cc(C(C)C)ccc1OC)Oc1cc(C(C)C)ccc1OC. The molecule has 0 N–H and O–H groups in total. The summed E-state index contributed by atoms with van der Waals surface area (Å²) in [7, 11) is 3.67. The van der Waals surface area contributed by atoms with Crippen LogP contribution in [0.15, 0.2) is 54.6 Å². The lowest BCUT2D eigenvalue weighted by atomic mass is 10.0. The minimum absolute atomic E-state index is 0.305. The van der Waals surface area contributed by atoms with Crippen LogP contribution in [0.25, 0.3) is 0 Å². The van der Waals surface area contributed by atoms with Crippen molar-refractivity contribution in [1.82, 2.24) is 0 Å². The summed E-state index contributed by atoms with van der Waals surface area (Å²) < 4.78 is 35.8. The van der Waals surface area contributed by atoms with Crippen LogP contribution in [0.5, 0.6) is 34.5 Å². The Morgan fingerprint density at radius 3 is 0.919 bits per heavy atom. The Morgan fingerprint density at radius 2 is 0.703 bits per heavy atom. The quantitative estimate of drug-likeness (QED) is 0.236. The minimum atomic E-state index is -1.16. The topological polar surface area (TPSA) is 55.4 Å². The lowest BCUT2D eigenvalue weighted by Gasteiger charge is -2.22. The largest absolute Gasteiger partial charge is 0.864 e. The van der Waals surface area contributed by atoms with Gasteiger partial charge < -0.3 is 28.2 Å². The normalized spacial score (nSPS) is 11.0. The van der Waals surface area contributed by atoms with Crippen LogP contribution >= 0.6 is 0 Å². The van der Waals surface area contributed by atoms with Crippen LogP contribution in [0.4, 0.5) is 0 Å². The molecule has 6 nitrogen and oxygen atoms in total. The van der Waals surface area contributed by atoms with Gasteiger partial charge in [0.1, 0.15) is 17.2 Å². The fraction of sp³-hybridized carbons (Fsp3) is 0.400. The van der Waals surface area contributed by atoms with Crippen LogP contribution in [0.3, 0.4) is 0 Å². The van der Waals surface area contributed by atoms with E-state index in [0.717, 1.165) is 16.7 Å². The Balaban J connectivity index is 2.07. The molecule has 7 heteroatoms. The van der Waals surface area contributed by atoms with Crippen molar-refractivity contribution in [3.05, 3.63) is 71.3 Å². The van der Waals surface area contributed by atoms with E-state index in [4.69, 9.17) is 28.2 Å². The fourth-order valence-corrected chi connectivity index (χ4v) is 3.82. The molecule has 0 saturated heterocycles. The molecule has 0 heterocycles. The lowest BCUT2D eigenvalue weighted by molar-refractivity contribution is 0.281. The van der Waals surface area contributed by atoms with Crippen LogP contribution in [-0.4, -0.2) is 28.7 Å². The number of ether oxygens (including phenoxy) is 3. The summed E-state index contributed by atoms with van der Waals surface area (Å²) in [6, 6.07) is 17.6. The summed E-state index contributed by atoms with van der Waals surface area (Å²) in [6.07, 6.45) is 0. The van der Waals surface area contributed by atoms with Gasteiger partial charge in [0.15, 0.2) is 17.2 Å². The van der Waals surface area contributed by atoms with E-state index in [1.54, 1.807) is 21.3 Å². The first-order valence-corrected chi connectivity index (χ1v) is 12.7. The van der Waals surface area contributed by atoms with Gasteiger partial charge in [0.2, 0.25) is 0 Å². The maximum atomic E-state index is 6.35. The predicted octanol–water partition coefficient (Wildman–Crippen LogP) is 7.60. The Hall–Kier alpha value is -3.48. The van der Waals surface area contributed by atoms with Crippen LogP contribution in [0.1, 0.15) is 76.0 Å². The van der Waals surface area contributed by atoms with Crippen molar-refractivity contribution in [1.29, 1.82) is 0 Å². The second-order valence-electron chi connectivity index (χ2n) is 9.84. The van der Waals surface area contributed by atoms with Crippen molar-refractivity contribution in [2.24, 2.45) is 0 Å². The molecule has 0 amide bonds. The standard InChI is InChI=1S/C30H39BO6/c1-19(2)22-10-13-25(32-7)28(16-22)35-31(36-29-17-23(20(3)4)11-14-26(29)33-8)37-30-18-24(21(5)6)12-15-27(30)34-9/h10-21H,1-9H3. The molecule has 0 aliphatic heterocycles. The average molecular weight is 506 g/mol. The number of methoxy groups -OCH3 is 3. The summed E-state index contributed by atoms with van der Waals surface area (Å²) in [5.41, 5.74) is 3.31. The molecule has 37 heavy (non-hydrogen) atoms. The van der Waals surface area contributed by atoms with E-state index >= 15 is 0 Å². The van der Waals surface area contributed by atoms with E-state index in [1.807, 2.05) is 54.6 Å². The van der Waals surface area contributed by atoms with E-state index in [-0.39, 0.29) is 0 Å². The second kappa shape index (κ2) is 12.7. The third kappa shape index (κ3) is 7.06. The summed E-state index contributed by atoms with van der Waals surface area (Å²) >= 11 is 0. The van der Waals surface area contributed by atoms with E-state index in [1.165, 1.54) is 0 Å². The second-order valence-corrected chi connectivity index (χ2v) is 9.84. The molecular weight excluding hydrogens is 467 g/mol. The molecule has 0 aliphatic rings. The van der Waals surface area contributed by atoms with Gasteiger partial charge in [-0.15, -0.1) is 0 Å². The van der Waals surface area contributed by atoms with Gasteiger partial charge in [-0.05, 0) is 70.8 Å². The summed E-state index contributed by atoms with van der Waals surface area (Å²) in [6.45, 7) is 12.8. The maximum absolute atomic E-state index is 6.35. The number of hydrogen-bond acceptors (Lipinski definition) is 6. The van der Waals surface area contributed by atoms with E-state index in [2.05, 4.69) is 41.5 Å². The van der Waals surface area contributed by atoms with Gasteiger partial charge in [-0.1, -0.05) is 59.7 Å². The molecule has 3 aromatic carbocycles. The third-order valence-electron chi connectivity index (χ3n) is 6.23. The van der Waals surface area contributed by atoms with Gasteiger partial charge in [0, 0.05) is 0 Å². The summed E-state index contributed by atoms with van der Waals surface area (Å²) in [5.74, 6) is 4.18. The Morgan fingerprint density at radius 1 is 0.432 bits per heavy atom.